The highest BCUT2D eigenvalue weighted by Crippen LogP contribution is 2.28. The average Bonchev–Trinajstić information content (AvgIpc) is 2.84. The van der Waals surface area contributed by atoms with Crippen molar-refractivity contribution in [2.75, 3.05) is 19.7 Å². The number of nitrogens with one attached hydrogen (secondary N) is 2. The number of hydrogen-bond acceptors (Lipinski definition) is 2. The van der Waals surface area contributed by atoms with E-state index in [2.05, 4.69) is 28.5 Å². The van der Waals surface area contributed by atoms with Crippen molar-refractivity contribution >= 4 is 10.9 Å². The van der Waals surface area contributed by atoms with Crippen LogP contribution < -0.4 is 10.1 Å². The number of aromatic nitrogens is 1. The maximum Gasteiger partial charge on any atom is 0.200 e. The monoisotopic (exact) mass is 356 g/mol. The standard InChI is InChI=1S/C21H22F2N2O/c22-16-6-2-8-19(21(16)23)26-13-3-5-14-4-1-7-18-20(14)15-9-11-24-12-10-17(15)25-18/h1-2,4,6-8,24-25H,3,5,9-13H2. The van der Waals surface area contributed by atoms with Crippen LogP contribution in [0.2, 0.25) is 0 Å². The molecule has 0 bridgehead atoms. The Bertz CT molecular complexity index is 920. The van der Waals surface area contributed by atoms with Crippen molar-refractivity contribution in [3.63, 3.8) is 0 Å². The molecule has 3 aromatic rings. The highest BCUT2D eigenvalue weighted by molar-refractivity contribution is 5.88. The Morgan fingerprint density at radius 2 is 1.85 bits per heavy atom. The van der Waals surface area contributed by atoms with E-state index in [1.54, 1.807) is 0 Å². The van der Waals surface area contributed by atoms with Crippen molar-refractivity contribution in [2.45, 2.75) is 25.7 Å². The van der Waals surface area contributed by atoms with Gasteiger partial charge < -0.3 is 15.0 Å². The summed E-state index contributed by atoms with van der Waals surface area (Å²) in [7, 11) is 0. The third-order valence-corrected chi connectivity index (χ3v) is 4.97. The number of H-pyrrole nitrogens is 1. The Morgan fingerprint density at radius 3 is 2.77 bits per heavy atom. The fourth-order valence-corrected chi connectivity index (χ4v) is 3.74. The van der Waals surface area contributed by atoms with Crippen LogP contribution in [-0.4, -0.2) is 24.7 Å². The predicted octanol–water partition coefficient (Wildman–Crippen LogP) is 4.15. The van der Waals surface area contributed by atoms with Gasteiger partial charge in [0.05, 0.1) is 6.61 Å². The fraction of sp³-hybridized carbons (Fsp3) is 0.333. The van der Waals surface area contributed by atoms with Crippen molar-refractivity contribution in [3.05, 3.63) is 64.9 Å². The zero-order chi connectivity index (χ0) is 17.9. The molecule has 2 aromatic carbocycles. The van der Waals surface area contributed by atoms with Gasteiger partial charge in [-0.3, -0.25) is 0 Å². The number of benzene rings is 2. The molecule has 0 amide bonds. The first-order chi connectivity index (χ1) is 12.7. The molecule has 2 heterocycles. The van der Waals surface area contributed by atoms with Gasteiger partial charge in [0.1, 0.15) is 0 Å². The van der Waals surface area contributed by atoms with E-state index < -0.39 is 11.6 Å². The summed E-state index contributed by atoms with van der Waals surface area (Å²) in [6.07, 6.45) is 3.63. The zero-order valence-corrected chi connectivity index (χ0v) is 14.6. The summed E-state index contributed by atoms with van der Waals surface area (Å²) in [5.41, 5.74) is 5.21. The summed E-state index contributed by atoms with van der Waals surface area (Å²) in [4.78, 5) is 3.56. The molecule has 0 unspecified atom stereocenters. The first kappa shape index (κ1) is 17.0. The lowest BCUT2D eigenvalue weighted by Gasteiger charge is -2.09. The quantitative estimate of drug-likeness (QED) is 0.674. The van der Waals surface area contributed by atoms with Crippen LogP contribution in [0.4, 0.5) is 8.78 Å². The smallest absolute Gasteiger partial charge is 0.200 e. The third kappa shape index (κ3) is 3.31. The van der Waals surface area contributed by atoms with Gasteiger partial charge >= 0.3 is 0 Å². The van der Waals surface area contributed by atoms with E-state index in [0.717, 1.165) is 44.8 Å². The van der Waals surface area contributed by atoms with Gasteiger partial charge in [0.2, 0.25) is 5.82 Å². The Kier molecular flexibility index (Phi) is 4.89. The second kappa shape index (κ2) is 7.46. The lowest BCUT2D eigenvalue weighted by molar-refractivity contribution is 0.290. The van der Waals surface area contributed by atoms with Crippen LogP contribution in [0.5, 0.6) is 5.75 Å². The Morgan fingerprint density at radius 1 is 1.00 bits per heavy atom. The van der Waals surface area contributed by atoms with E-state index in [1.807, 2.05) is 0 Å². The lowest BCUT2D eigenvalue weighted by atomic mass is 9.99. The van der Waals surface area contributed by atoms with Crippen molar-refractivity contribution in [1.29, 1.82) is 0 Å². The molecule has 0 saturated carbocycles. The van der Waals surface area contributed by atoms with E-state index in [0.29, 0.717) is 6.61 Å². The van der Waals surface area contributed by atoms with Gasteiger partial charge in [-0.25, -0.2) is 4.39 Å². The number of halogens is 2. The summed E-state index contributed by atoms with van der Waals surface area (Å²) in [6, 6.07) is 10.3. The second-order valence-electron chi connectivity index (χ2n) is 6.68. The number of ether oxygens (including phenoxy) is 1. The van der Waals surface area contributed by atoms with Crippen LogP contribution in [-0.2, 0) is 19.3 Å². The highest BCUT2D eigenvalue weighted by Gasteiger charge is 2.16. The second-order valence-corrected chi connectivity index (χ2v) is 6.68. The maximum atomic E-state index is 13.6. The van der Waals surface area contributed by atoms with Crippen LogP contribution in [0.3, 0.4) is 0 Å². The van der Waals surface area contributed by atoms with E-state index in [-0.39, 0.29) is 5.75 Å². The lowest BCUT2D eigenvalue weighted by Crippen LogP contribution is -2.16. The molecule has 1 aliphatic rings. The summed E-state index contributed by atoms with van der Waals surface area (Å²) < 4.78 is 32.3. The van der Waals surface area contributed by atoms with E-state index >= 15 is 0 Å². The molecule has 0 atom stereocenters. The first-order valence-corrected chi connectivity index (χ1v) is 9.13. The molecule has 1 aromatic heterocycles. The van der Waals surface area contributed by atoms with Crippen molar-refractivity contribution in [3.8, 4) is 5.75 Å². The third-order valence-electron chi connectivity index (χ3n) is 4.97. The molecule has 26 heavy (non-hydrogen) atoms. The number of aryl methyl sites for hydroxylation is 1. The fourth-order valence-electron chi connectivity index (χ4n) is 3.74. The SMILES string of the molecule is Fc1cccc(OCCCc2cccc3[nH]c4c(c23)CCNCC4)c1F. The molecule has 0 fully saturated rings. The molecular weight excluding hydrogens is 334 g/mol. The van der Waals surface area contributed by atoms with Gasteiger partial charge in [0.25, 0.3) is 0 Å². The Labute approximate surface area is 151 Å². The molecule has 0 saturated heterocycles. The first-order valence-electron chi connectivity index (χ1n) is 9.13. The molecular formula is C21H22F2N2O. The van der Waals surface area contributed by atoms with Gasteiger partial charge in [0, 0.05) is 29.6 Å². The highest BCUT2D eigenvalue weighted by atomic mass is 19.2. The van der Waals surface area contributed by atoms with E-state index in [9.17, 15) is 8.78 Å². The van der Waals surface area contributed by atoms with Crippen LogP contribution in [0.15, 0.2) is 36.4 Å². The van der Waals surface area contributed by atoms with Gasteiger partial charge in [-0.05, 0) is 55.1 Å². The molecule has 1 aliphatic heterocycles. The average molecular weight is 356 g/mol. The van der Waals surface area contributed by atoms with Gasteiger partial charge in [0.15, 0.2) is 11.6 Å². The summed E-state index contributed by atoms with van der Waals surface area (Å²) in [5, 5.41) is 4.76. The van der Waals surface area contributed by atoms with E-state index in [1.165, 1.54) is 39.9 Å². The van der Waals surface area contributed by atoms with Gasteiger partial charge in [-0.15, -0.1) is 0 Å². The molecule has 136 valence electrons. The van der Waals surface area contributed by atoms with Gasteiger partial charge in [-0.2, -0.15) is 4.39 Å². The van der Waals surface area contributed by atoms with Crippen LogP contribution in [0.25, 0.3) is 10.9 Å². The zero-order valence-electron chi connectivity index (χ0n) is 14.6. The molecule has 2 N–H and O–H groups in total. The molecule has 5 heteroatoms. The van der Waals surface area contributed by atoms with E-state index in [4.69, 9.17) is 4.74 Å². The number of aromatic amines is 1. The molecule has 0 spiro atoms. The van der Waals surface area contributed by atoms with Crippen LogP contribution >= 0.6 is 0 Å². The number of hydrogen-bond donors (Lipinski definition) is 2. The van der Waals surface area contributed by atoms with Crippen LogP contribution in [0.1, 0.15) is 23.2 Å². The largest absolute Gasteiger partial charge is 0.490 e. The number of fused-ring (bicyclic) bond motifs is 3. The van der Waals surface area contributed by atoms with Crippen LogP contribution in [0, 0.1) is 11.6 Å². The molecule has 0 radical (unpaired) electrons. The minimum absolute atomic E-state index is 0.0233. The minimum Gasteiger partial charge on any atom is -0.490 e. The summed E-state index contributed by atoms with van der Waals surface area (Å²) in [6.45, 7) is 2.35. The molecule has 4 rings (SSSR count). The van der Waals surface area contributed by atoms with Crippen molar-refractivity contribution in [1.82, 2.24) is 10.3 Å². The summed E-state index contributed by atoms with van der Waals surface area (Å²) in [5.74, 6) is -1.82. The predicted molar refractivity (Wildman–Crippen MR) is 98.8 cm³/mol. The Hall–Kier alpha value is -2.40. The topological polar surface area (TPSA) is 37.0 Å². The van der Waals surface area contributed by atoms with Crippen molar-refractivity contribution < 1.29 is 13.5 Å². The minimum atomic E-state index is -0.918. The van der Waals surface area contributed by atoms with Gasteiger partial charge in [-0.1, -0.05) is 18.2 Å². The summed E-state index contributed by atoms with van der Waals surface area (Å²) >= 11 is 0. The van der Waals surface area contributed by atoms with Crippen molar-refractivity contribution in [2.24, 2.45) is 0 Å². The molecule has 0 aliphatic carbocycles. The number of rotatable bonds is 5. The Balaban J connectivity index is 1.47. The molecule has 3 nitrogen and oxygen atoms in total. The maximum absolute atomic E-state index is 13.6. The normalized spacial score (nSPS) is 14.2.